The van der Waals surface area contributed by atoms with Crippen molar-refractivity contribution in [1.29, 1.82) is 0 Å². The third kappa shape index (κ3) is 4.95. The van der Waals surface area contributed by atoms with Gasteiger partial charge in [0.2, 0.25) is 5.12 Å². The molecule has 20 heavy (non-hydrogen) atoms. The van der Waals surface area contributed by atoms with Crippen LogP contribution in [0.5, 0.6) is 0 Å². The van der Waals surface area contributed by atoms with Crippen LogP contribution in [0.3, 0.4) is 0 Å². The maximum Gasteiger partial charge on any atom is 0.219 e. The van der Waals surface area contributed by atoms with Crippen molar-refractivity contribution in [2.75, 3.05) is 25.4 Å². The van der Waals surface area contributed by atoms with Crippen molar-refractivity contribution in [2.24, 2.45) is 0 Å². The SMILES string of the molecule is CCCc1cccc(C(=O)SCCN2CCCCC2)c1. The number of rotatable bonds is 6. The van der Waals surface area contributed by atoms with Crippen LogP contribution in [0.4, 0.5) is 0 Å². The van der Waals surface area contributed by atoms with Gasteiger partial charge in [-0.05, 0) is 44.0 Å². The summed E-state index contributed by atoms with van der Waals surface area (Å²) >= 11 is 1.47. The Bertz CT molecular complexity index is 427. The molecule has 0 saturated carbocycles. The number of carbonyl (C=O) groups excluding carboxylic acids is 1. The van der Waals surface area contributed by atoms with Crippen LogP contribution in [0, 0.1) is 0 Å². The van der Waals surface area contributed by atoms with Crippen molar-refractivity contribution >= 4 is 16.9 Å². The average molecular weight is 291 g/mol. The zero-order valence-corrected chi connectivity index (χ0v) is 13.3. The molecule has 0 bridgehead atoms. The van der Waals surface area contributed by atoms with Gasteiger partial charge in [0, 0.05) is 17.9 Å². The van der Waals surface area contributed by atoms with Crippen molar-refractivity contribution < 1.29 is 4.79 Å². The van der Waals surface area contributed by atoms with Gasteiger partial charge in [0.25, 0.3) is 0 Å². The zero-order valence-electron chi connectivity index (χ0n) is 12.4. The molecule has 110 valence electrons. The van der Waals surface area contributed by atoms with E-state index in [0.717, 1.165) is 30.7 Å². The van der Waals surface area contributed by atoms with E-state index in [4.69, 9.17) is 0 Å². The molecule has 1 aromatic carbocycles. The molecule has 1 aromatic rings. The summed E-state index contributed by atoms with van der Waals surface area (Å²) in [7, 11) is 0. The number of benzene rings is 1. The molecule has 0 aliphatic carbocycles. The van der Waals surface area contributed by atoms with Crippen LogP contribution in [0.25, 0.3) is 0 Å². The van der Waals surface area contributed by atoms with E-state index in [-0.39, 0.29) is 5.12 Å². The van der Waals surface area contributed by atoms with Gasteiger partial charge in [0.05, 0.1) is 0 Å². The van der Waals surface area contributed by atoms with Crippen LogP contribution in [0.15, 0.2) is 24.3 Å². The molecule has 1 saturated heterocycles. The van der Waals surface area contributed by atoms with Gasteiger partial charge in [0.15, 0.2) is 0 Å². The third-order valence-corrected chi connectivity index (χ3v) is 4.68. The number of nitrogens with zero attached hydrogens (tertiary/aromatic N) is 1. The maximum absolute atomic E-state index is 12.2. The van der Waals surface area contributed by atoms with E-state index in [1.54, 1.807) is 0 Å². The topological polar surface area (TPSA) is 20.3 Å². The summed E-state index contributed by atoms with van der Waals surface area (Å²) in [5.74, 6) is 0.914. The number of hydrogen-bond donors (Lipinski definition) is 0. The molecule has 1 heterocycles. The van der Waals surface area contributed by atoms with Crippen molar-refractivity contribution in [1.82, 2.24) is 4.90 Å². The molecule has 0 amide bonds. The number of thioether (sulfide) groups is 1. The first-order valence-electron chi connectivity index (χ1n) is 7.78. The minimum Gasteiger partial charge on any atom is -0.303 e. The lowest BCUT2D eigenvalue weighted by Gasteiger charge is -2.25. The molecule has 2 rings (SSSR count). The molecule has 0 aromatic heterocycles. The van der Waals surface area contributed by atoms with Crippen LogP contribution in [-0.4, -0.2) is 35.4 Å². The third-order valence-electron chi connectivity index (χ3n) is 3.79. The fraction of sp³-hybridized carbons (Fsp3) is 0.588. The van der Waals surface area contributed by atoms with E-state index in [2.05, 4.69) is 24.0 Å². The molecular weight excluding hydrogens is 266 g/mol. The molecule has 1 aliphatic rings. The molecule has 0 unspecified atom stereocenters. The lowest BCUT2D eigenvalue weighted by molar-refractivity contribution is 0.108. The van der Waals surface area contributed by atoms with Crippen molar-refractivity contribution in [3.05, 3.63) is 35.4 Å². The highest BCUT2D eigenvalue weighted by Gasteiger charge is 2.11. The van der Waals surface area contributed by atoms with Crippen LogP contribution >= 0.6 is 11.8 Å². The monoisotopic (exact) mass is 291 g/mol. The first-order chi connectivity index (χ1) is 9.79. The van der Waals surface area contributed by atoms with Gasteiger partial charge in [-0.3, -0.25) is 4.79 Å². The minimum atomic E-state index is 0.222. The summed E-state index contributed by atoms with van der Waals surface area (Å²) in [5, 5.41) is 0.222. The smallest absolute Gasteiger partial charge is 0.219 e. The van der Waals surface area contributed by atoms with Gasteiger partial charge in [-0.25, -0.2) is 0 Å². The van der Waals surface area contributed by atoms with E-state index in [1.165, 1.54) is 49.7 Å². The van der Waals surface area contributed by atoms with E-state index in [0.29, 0.717) is 0 Å². The summed E-state index contributed by atoms with van der Waals surface area (Å²) < 4.78 is 0. The number of likely N-dealkylation sites (tertiary alicyclic amines) is 1. The highest BCUT2D eigenvalue weighted by atomic mass is 32.2. The first-order valence-corrected chi connectivity index (χ1v) is 8.76. The van der Waals surface area contributed by atoms with Crippen molar-refractivity contribution in [3.8, 4) is 0 Å². The summed E-state index contributed by atoms with van der Waals surface area (Å²) in [6.07, 6.45) is 6.18. The summed E-state index contributed by atoms with van der Waals surface area (Å²) in [6.45, 7) is 5.63. The van der Waals surface area contributed by atoms with Gasteiger partial charge in [-0.15, -0.1) is 0 Å². The molecule has 1 aliphatic heterocycles. The predicted molar refractivity (Wildman–Crippen MR) is 87.5 cm³/mol. The Morgan fingerprint density at radius 3 is 2.80 bits per heavy atom. The lowest BCUT2D eigenvalue weighted by Crippen LogP contribution is -2.31. The molecular formula is C17H25NOS. The Balaban J connectivity index is 1.77. The van der Waals surface area contributed by atoms with Gasteiger partial charge in [0.1, 0.15) is 0 Å². The second kappa shape index (κ2) is 8.48. The number of carbonyl (C=O) groups is 1. The first kappa shape index (κ1) is 15.6. The second-order valence-electron chi connectivity index (χ2n) is 5.49. The average Bonchev–Trinajstić information content (AvgIpc) is 2.49. The fourth-order valence-electron chi connectivity index (χ4n) is 2.68. The Morgan fingerprint density at radius 1 is 1.25 bits per heavy atom. The highest BCUT2D eigenvalue weighted by Crippen LogP contribution is 2.16. The molecule has 2 nitrogen and oxygen atoms in total. The van der Waals surface area contributed by atoms with Gasteiger partial charge < -0.3 is 4.90 Å². The van der Waals surface area contributed by atoms with Crippen LogP contribution < -0.4 is 0 Å². The molecule has 0 spiro atoms. The Hall–Kier alpha value is -0.800. The van der Waals surface area contributed by atoms with E-state index < -0.39 is 0 Å². The molecule has 0 radical (unpaired) electrons. The quantitative estimate of drug-likeness (QED) is 0.790. The zero-order chi connectivity index (χ0) is 14.2. The fourth-order valence-corrected chi connectivity index (χ4v) is 3.50. The highest BCUT2D eigenvalue weighted by molar-refractivity contribution is 8.14. The number of aryl methyl sites for hydroxylation is 1. The second-order valence-corrected chi connectivity index (χ2v) is 6.56. The van der Waals surface area contributed by atoms with Crippen LogP contribution in [0.1, 0.15) is 48.5 Å². The Morgan fingerprint density at radius 2 is 2.05 bits per heavy atom. The Kier molecular flexibility index (Phi) is 6.61. The van der Waals surface area contributed by atoms with Gasteiger partial charge in [-0.2, -0.15) is 0 Å². The molecule has 0 atom stereocenters. The van der Waals surface area contributed by atoms with Crippen LogP contribution in [-0.2, 0) is 6.42 Å². The van der Waals surface area contributed by atoms with E-state index in [1.807, 2.05) is 12.1 Å². The lowest BCUT2D eigenvalue weighted by atomic mass is 10.1. The molecule has 1 fully saturated rings. The number of hydrogen-bond acceptors (Lipinski definition) is 3. The summed E-state index contributed by atoms with van der Waals surface area (Å²) in [5.41, 5.74) is 2.13. The van der Waals surface area contributed by atoms with E-state index >= 15 is 0 Å². The largest absolute Gasteiger partial charge is 0.303 e. The standard InChI is InChI=1S/C17H25NOS/c1-2-7-15-8-6-9-16(14-15)17(19)20-13-12-18-10-4-3-5-11-18/h6,8-9,14H,2-5,7,10-13H2,1H3. The normalized spacial score (nSPS) is 16.2. The van der Waals surface area contributed by atoms with E-state index in [9.17, 15) is 4.79 Å². The summed E-state index contributed by atoms with van der Waals surface area (Å²) in [4.78, 5) is 14.7. The predicted octanol–water partition coefficient (Wildman–Crippen LogP) is 4.00. The molecule has 3 heteroatoms. The summed E-state index contributed by atoms with van der Waals surface area (Å²) in [6, 6.07) is 8.11. The van der Waals surface area contributed by atoms with Gasteiger partial charge in [-0.1, -0.05) is 49.7 Å². The Labute approximate surface area is 126 Å². The van der Waals surface area contributed by atoms with Crippen LogP contribution in [0.2, 0.25) is 0 Å². The minimum absolute atomic E-state index is 0.222. The molecule has 0 N–H and O–H groups in total. The van der Waals surface area contributed by atoms with Gasteiger partial charge >= 0.3 is 0 Å². The van der Waals surface area contributed by atoms with Crippen molar-refractivity contribution in [2.45, 2.75) is 39.0 Å². The van der Waals surface area contributed by atoms with Crippen molar-refractivity contribution in [3.63, 3.8) is 0 Å². The maximum atomic E-state index is 12.2. The number of piperidine rings is 1.